The van der Waals surface area contributed by atoms with Gasteiger partial charge in [-0.2, -0.15) is 0 Å². The van der Waals surface area contributed by atoms with Crippen molar-refractivity contribution < 1.29 is 9.47 Å². The second-order valence-corrected chi connectivity index (χ2v) is 4.95. The number of nitrogens with zero attached hydrogens (tertiary/aromatic N) is 1. The fourth-order valence-corrected chi connectivity index (χ4v) is 2.56. The highest BCUT2D eigenvalue weighted by atomic mass is 35.5. The lowest BCUT2D eigenvalue weighted by atomic mass is 10.0. The van der Waals surface area contributed by atoms with Crippen LogP contribution in [0.4, 0.5) is 0 Å². The first-order valence-corrected chi connectivity index (χ1v) is 7.06. The van der Waals surface area contributed by atoms with E-state index in [0.29, 0.717) is 18.4 Å². The van der Waals surface area contributed by atoms with Crippen molar-refractivity contribution in [1.82, 2.24) is 4.98 Å². The molecule has 0 aromatic carbocycles. The van der Waals surface area contributed by atoms with Crippen LogP contribution in [0, 0.1) is 12.8 Å². The first-order valence-electron chi connectivity index (χ1n) is 6.52. The van der Waals surface area contributed by atoms with Crippen LogP contribution in [0.2, 0.25) is 0 Å². The van der Waals surface area contributed by atoms with Gasteiger partial charge in [-0.3, -0.25) is 4.98 Å². The average molecular weight is 306 g/mol. The minimum absolute atomic E-state index is 0. The van der Waals surface area contributed by atoms with Gasteiger partial charge >= 0.3 is 0 Å². The Balaban J connectivity index is 0.00000180. The molecule has 1 unspecified atom stereocenters. The summed E-state index contributed by atoms with van der Waals surface area (Å²) in [6, 6.07) is 0. The van der Waals surface area contributed by atoms with Crippen LogP contribution in [-0.4, -0.2) is 11.3 Å². The number of hydrogen-bond acceptors (Lipinski definition) is 3. The molecular weight excluding hydrogens is 285 g/mol. The van der Waals surface area contributed by atoms with Crippen LogP contribution in [0.15, 0.2) is 6.20 Å². The Morgan fingerprint density at radius 2 is 2.11 bits per heavy atom. The number of hydrogen-bond donors (Lipinski definition) is 0. The lowest BCUT2D eigenvalue weighted by Crippen LogP contribution is -2.33. The van der Waals surface area contributed by atoms with Crippen LogP contribution in [0.25, 0.3) is 0 Å². The molecule has 0 saturated carbocycles. The molecule has 0 bridgehead atoms. The molecule has 1 atom stereocenters. The molecular formula is C14H21Cl2NO2. The normalized spacial score (nSPS) is 17.6. The lowest BCUT2D eigenvalue weighted by Gasteiger charge is -2.32. The van der Waals surface area contributed by atoms with Crippen molar-refractivity contribution in [3.63, 3.8) is 0 Å². The van der Waals surface area contributed by atoms with Gasteiger partial charge in [-0.1, -0.05) is 13.8 Å². The molecule has 2 heterocycles. The van der Waals surface area contributed by atoms with Crippen molar-refractivity contribution in [1.29, 1.82) is 0 Å². The van der Waals surface area contributed by atoms with Crippen molar-refractivity contribution in [2.75, 3.05) is 0 Å². The molecule has 3 nitrogen and oxygen atoms in total. The van der Waals surface area contributed by atoms with Crippen LogP contribution < -0.4 is 4.74 Å². The highest BCUT2D eigenvalue weighted by Crippen LogP contribution is 2.34. The van der Waals surface area contributed by atoms with Gasteiger partial charge in [-0.25, -0.2) is 0 Å². The largest absolute Gasteiger partial charge is 0.462 e. The summed E-state index contributed by atoms with van der Waals surface area (Å²) in [5.74, 6) is 1.74. The summed E-state index contributed by atoms with van der Waals surface area (Å²) in [6.45, 7) is 6.86. The zero-order chi connectivity index (χ0) is 13.1. The van der Waals surface area contributed by atoms with Gasteiger partial charge in [0, 0.05) is 23.6 Å². The number of ether oxygens (including phenoxy) is 2. The van der Waals surface area contributed by atoms with E-state index in [-0.39, 0.29) is 18.7 Å². The molecule has 0 aliphatic carbocycles. The van der Waals surface area contributed by atoms with Gasteiger partial charge in [0.25, 0.3) is 0 Å². The Hall–Kier alpha value is -0.510. The van der Waals surface area contributed by atoms with E-state index in [4.69, 9.17) is 21.1 Å². The fourth-order valence-electron chi connectivity index (χ4n) is 2.33. The second kappa shape index (κ2) is 7.32. The Bertz CT molecular complexity index is 422. The minimum Gasteiger partial charge on any atom is -0.462 e. The Morgan fingerprint density at radius 1 is 1.42 bits per heavy atom. The van der Waals surface area contributed by atoms with Gasteiger partial charge < -0.3 is 9.47 Å². The molecule has 0 radical (unpaired) electrons. The maximum absolute atomic E-state index is 6.01. The van der Waals surface area contributed by atoms with Crippen LogP contribution in [0.1, 0.15) is 43.5 Å². The van der Waals surface area contributed by atoms with Crippen molar-refractivity contribution in [2.45, 2.75) is 52.4 Å². The number of aryl methyl sites for hydroxylation is 1. The number of rotatable bonds is 4. The van der Waals surface area contributed by atoms with Crippen LogP contribution in [-0.2, 0) is 17.2 Å². The van der Waals surface area contributed by atoms with Crippen molar-refractivity contribution in [3.05, 3.63) is 23.0 Å². The molecule has 19 heavy (non-hydrogen) atoms. The molecule has 1 aliphatic rings. The van der Waals surface area contributed by atoms with Crippen LogP contribution in [0.3, 0.4) is 0 Å². The maximum atomic E-state index is 6.01. The van der Waals surface area contributed by atoms with Gasteiger partial charge in [-0.15, -0.1) is 24.0 Å². The van der Waals surface area contributed by atoms with E-state index in [1.807, 2.05) is 13.1 Å². The van der Waals surface area contributed by atoms with E-state index < -0.39 is 0 Å². The van der Waals surface area contributed by atoms with Crippen LogP contribution >= 0.6 is 24.0 Å². The molecule has 0 spiro atoms. The van der Waals surface area contributed by atoms with Gasteiger partial charge in [0.05, 0.1) is 12.3 Å². The van der Waals surface area contributed by atoms with E-state index in [9.17, 15) is 0 Å². The summed E-state index contributed by atoms with van der Waals surface area (Å²) in [6.07, 6.45) is 3.76. The Morgan fingerprint density at radius 3 is 2.68 bits per heavy atom. The summed E-state index contributed by atoms with van der Waals surface area (Å²) >= 11 is 5.92. The summed E-state index contributed by atoms with van der Waals surface area (Å²) in [7, 11) is 0. The number of halogens is 2. The smallest absolute Gasteiger partial charge is 0.203 e. The molecule has 1 aromatic heterocycles. The lowest BCUT2D eigenvalue weighted by molar-refractivity contribution is -0.142. The van der Waals surface area contributed by atoms with Crippen LogP contribution in [0.5, 0.6) is 5.75 Å². The first-order chi connectivity index (χ1) is 8.71. The second-order valence-electron chi connectivity index (χ2n) is 4.68. The highest BCUT2D eigenvalue weighted by molar-refractivity contribution is 6.17. The third-order valence-electron chi connectivity index (χ3n) is 3.61. The van der Waals surface area contributed by atoms with E-state index in [1.165, 1.54) is 0 Å². The Labute approximate surface area is 126 Å². The quantitative estimate of drug-likeness (QED) is 0.780. The predicted molar refractivity (Wildman–Crippen MR) is 79.1 cm³/mol. The Kier molecular flexibility index (Phi) is 6.37. The first kappa shape index (κ1) is 16.5. The molecule has 0 N–H and O–H groups in total. The number of fused-ring (bicyclic) bond motifs is 1. The van der Waals surface area contributed by atoms with Gasteiger partial charge in [0.1, 0.15) is 5.75 Å². The topological polar surface area (TPSA) is 31.4 Å². The monoisotopic (exact) mass is 305 g/mol. The third kappa shape index (κ3) is 3.33. The molecule has 1 aromatic rings. The fraction of sp³-hybridized carbons (Fsp3) is 0.643. The SMILES string of the molecule is CCC(CC)C1OCc2c(CCl)cnc(C)c2O1.Cl. The number of pyridine rings is 1. The molecule has 0 amide bonds. The zero-order valence-corrected chi connectivity index (χ0v) is 13.2. The van der Waals surface area contributed by atoms with Gasteiger partial charge in [0.15, 0.2) is 0 Å². The predicted octanol–water partition coefficient (Wildman–Crippen LogP) is 4.22. The minimum atomic E-state index is -0.154. The number of alkyl halides is 1. The standard InChI is InChI=1S/C14H20ClNO2.ClH/c1-4-10(5-2)14-17-8-12-11(6-15)7-16-9(3)13(12)18-14;/h7,10,14H,4-6,8H2,1-3H3;1H. The van der Waals surface area contributed by atoms with Crippen molar-refractivity contribution >= 4 is 24.0 Å². The highest BCUT2D eigenvalue weighted by Gasteiger charge is 2.29. The third-order valence-corrected chi connectivity index (χ3v) is 3.90. The zero-order valence-electron chi connectivity index (χ0n) is 11.6. The van der Waals surface area contributed by atoms with E-state index in [2.05, 4.69) is 18.8 Å². The summed E-state index contributed by atoms with van der Waals surface area (Å²) < 4.78 is 11.8. The molecule has 2 rings (SSSR count). The van der Waals surface area contributed by atoms with Crippen molar-refractivity contribution in [3.8, 4) is 5.75 Å². The van der Waals surface area contributed by atoms with E-state index >= 15 is 0 Å². The van der Waals surface area contributed by atoms with Gasteiger partial charge in [-0.05, 0) is 25.3 Å². The van der Waals surface area contributed by atoms with E-state index in [0.717, 1.165) is 35.4 Å². The number of aromatic nitrogens is 1. The summed E-state index contributed by atoms with van der Waals surface area (Å²) in [4.78, 5) is 4.34. The summed E-state index contributed by atoms with van der Waals surface area (Å²) in [5.41, 5.74) is 2.97. The molecule has 0 fully saturated rings. The average Bonchev–Trinajstić information content (AvgIpc) is 2.41. The molecule has 5 heteroatoms. The maximum Gasteiger partial charge on any atom is 0.203 e. The van der Waals surface area contributed by atoms with Crippen molar-refractivity contribution in [2.24, 2.45) is 5.92 Å². The van der Waals surface area contributed by atoms with E-state index in [1.54, 1.807) is 0 Å². The van der Waals surface area contributed by atoms with Gasteiger partial charge in [0.2, 0.25) is 6.29 Å². The molecule has 0 saturated heterocycles. The molecule has 108 valence electrons. The molecule has 1 aliphatic heterocycles. The summed E-state index contributed by atoms with van der Waals surface area (Å²) in [5, 5.41) is 0.